The van der Waals surface area contributed by atoms with Crippen molar-refractivity contribution in [1.82, 2.24) is 4.98 Å². The molecule has 0 radical (unpaired) electrons. The molecule has 0 aliphatic heterocycles. The summed E-state index contributed by atoms with van der Waals surface area (Å²) in [5.41, 5.74) is 6.93. The van der Waals surface area contributed by atoms with Crippen LogP contribution in [0.15, 0.2) is 41.1 Å². The van der Waals surface area contributed by atoms with E-state index in [4.69, 9.17) is 17.3 Å². The lowest BCUT2D eigenvalue weighted by atomic mass is 10.0. The molecule has 2 rings (SSSR count). The van der Waals surface area contributed by atoms with Crippen molar-refractivity contribution in [2.24, 2.45) is 0 Å². The van der Waals surface area contributed by atoms with E-state index in [1.807, 2.05) is 0 Å². The third kappa shape index (κ3) is 2.33. The first kappa shape index (κ1) is 12.1. The van der Waals surface area contributed by atoms with Gasteiger partial charge in [-0.3, -0.25) is 4.79 Å². The second-order valence-corrected chi connectivity index (χ2v) is 4.53. The van der Waals surface area contributed by atoms with E-state index in [2.05, 4.69) is 20.9 Å². The van der Waals surface area contributed by atoms with E-state index in [1.54, 1.807) is 30.3 Å². The number of halogens is 2. The van der Waals surface area contributed by atoms with Crippen LogP contribution in [-0.2, 0) is 0 Å². The van der Waals surface area contributed by atoms with Gasteiger partial charge in [-0.1, -0.05) is 23.7 Å². The quantitative estimate of drug-likeness (QED) is 0.684. The molecule has 0 saturated carbocycles. The van der Waals surface area contributed by atoms with E-state index >= 15 is 0 Å². The molecule has 86 valence electrons. The Kier molecular flexibility index (Phi) is 3.45. The zero-order valence-electron chi connectivity index (χ0n) is 8.65. The molecule has 0 aliphatic carbocycles. The molecule has 2 aromatic rings. The van der Waals surface area contributed by atoms with Gasteiger partial charge in [0.05, 0.1) is 10.7 Å². The minimum Gasteiger partial charge on any atom is -0.396 e. The number of nitrogens with two attached hydrogens (primary N) is 1. The number of pyridine rings is 1. The summed E-state index contributed by atoms with van der Waals surface area (Å²) in [6, 6.07) is 8.43. The lowest BCUT2D eigenvalue weighted by Gasteiger charge is -2.06. The number of nitrogen functional groups attached to an aromatic ring is 1. The first-order chi connectivity index (χ1) is 8.11. The average molecular weight is 312 g/mol. The largest absolute Gasteiger partial charge is 0.396 e. The minimum atomic E-state index is -0.212. The van der Waals surface area contributed by atoms with E-state index in [0.29, 0.717) is 26.4 Å². The van der Waals surface area contributed by atoms with Crippen LogP contribution in [0.2, 0.25) is 5.02 Å². The monoisotopic (exact) mass is 310 g/mol. The van der Waals surface area contributed by atoms with Crippen molar-refractivity contribution >= 4 is 39.0 Å². The summed E-state index contributed by atoms with van der Waals surface area (Å²) in [5, 5.41) is 0.407. The first-order valence-electron chi connectivity index (χ1n) is 4.80. The Morgan fingerprint density at radius 3 is 2.65 bits per heavy atom. The second-order valence-electron chi connectivity index (χ2n) is 3.37. The summed E-state index contributed by atoms with van der Waals surface area (Å²) >= 11 is 9.16. The number of nitrogens with zero attached hydrogens (tertiary/aromatic N) is 1. The molecule has 0 amide bonds. The summed E-state index contributed by atoms with van der Waals surface area (Å²) in [4.78, 5) is 16.2. The normalized spacial score (nSPS) is 10.2. The summed E-state index contributed by atoms with van der Waals surface area (Å²) in [6.45, 7) is 0. The fourth-order valence-electron chi connectivity index (χ4n) is 1.44. The Bertz CT molecular complexity index is 586. The lowest BCUT2D eigenvalue weighted by Crippen LogP contribution is -2.07. The van der Waals surface area contributed by atoms with Crippen LogP contribution in [0.5, 0.6) is 0 Å². The summed E-state index contributed by atoms with van der Waals surface area (Å²) < 4.78 is 0.454. The molecule has 0 spiro atoms. The van der Waals surface area contributed by atoms with Crippen LogP contribution in [-0.4, -0.2) is 10.8 Å². The molecule has 3 nitrogen and oxygen atoms in total. The average Bonchev–Trinajstić information content (AvgIpc) is 2.32. The molecule has 0 unspecified atom stereocenters. The van der Waals surface area contributed by atoms with Gasteiger partial charge < -0.3 is 5.73 Å². The molecule has 1 aromatic heterocycles. The SMILES string of the molecule is Nc1c(C(=O)c2ccccc2Cl)ccnc1Br. The maximum absolute atomic E-state index is 12.2. The highest BCUT2D eigenvalue weighted by molar-refractivity contribution is 9.10. The van der Waals surface area contributed by atoms with E-state index in [1.165, 1.54) is 6.20 Å². The fraction of sp³-hybridized carbons (Fsp3) is 0. The highest BCUT2D eigenvalue weighted by Crippen LogP contribution is 2.25. The first-order valence-corrected chi connectivity index (χ1v) is 5.97. The Morgan fingerprint density at radius 1 is 1.24 bits per heavy atom. The Morgan fingerprint density at radius 2 is 1.94 bits per heavy atom. The number of rotatable bonds is 2. The zero-order chi connectivity index (χ0) is 12.4. The van der Waals surface area contributed by atoms with Crippen molar-refractivity contribution < 1.29 is 4.79 Å². The Balaban J connectivity index is 2.52. The van der Waals surface area contributed by atoms with Gasteiger partial charge in [0.15, 0.2) is 5.78 Å². The topological polar surface area (TPSA) is 56.0 Å². The molecular formula is C12H8BrClN2O. The van der Waals surface area contributed by atoms with Gasteiger partial charge in [-0.15, -0.1) is 0 Å². The van der Waals surface area contributed by atoms with Gasteiger partial charge in [0.2, 0.25) is 0 Å². The lowest BCUT2D eigenvalue weighted by molar-refractivity contribution is 0.103. The van der Waals surface area contributed by atoms with Crippen LogP contribution in [0.25, 0.3) is 0 Å². The van der Waals surface area contributed by atoms with Crippen LogP contribution >= 0.6 is 27.5 Å². The maximum Gasteiger partial charge on any atom is 0.196 e. The number of anilines is 1. The molecule has 0 aliphatic rings. The second kappa shape index (κ2) is 4.85. The predicted molar refractivity (Wildman–Crippen MR) is 71.2 cm³/mol. The van der Waals surface area contributed by atoms with Crippen LogP contribution < -0.4 is 5.73 Å². The molecule has 1 heterocycles. The molecule has 17 heavy (non-hydrogen) atoms. The van der Waals surface area contributed by atoms with E-state index < -0.39 is 0 Å². The van der Waals surface area contributed by atoms with Gasteiger partial charge in [0.25, 0.3) is 0 Å². The van der Waals surface area contributed by atoms with Crippen molar-refractivity contribution in [3.8, 4) is 0 Å². The zero-order valence-corrected chi connectivity index (χ0v) is 11.0. The molecule has 0 bridgehead atoms. The Labute approximate surface area is 112 Å². The number of carbonyl (C=O) groups is 1. The van der Waals surface area contributed by atoms with Gasteiger partial charge in [0.1, 0.15) is 4.60 Å². The summed E-state index contributed by atoms with van der Waals surface area (Å²) in [7, 11) is 0. The molecular weight excluding hydrogens is 304 g/mol. The minimum absolute atomic E-state index is 0.212. The van der Waals surface area contributed by atoms with Crippen molar-refractivity contribution in [3.63, 3.8) is 0 Å². The number of benzene rings is 1. The van der Waals surface area contributed by atoms with Crippen LogP contribution in [0.1, 0.15) is 15.9 Å². The third-order valence-corrected chi connectivity index (χ3v) is 3.27. The Hall–Kier alpha value is -1.39. The summed E-state index contributed by atoms with van der Waals surface area (Å²) in [6.07, 6.45) is 1.52. The number of hydrogen-bond donors (Lipinski definition) is 1. The number of hydrogen-bond acceptors (Lipinski definition) is 3. The van der Waals surface area contributed by atoms with Crippen molar-refractivity contribution in [2.75, 3.05) is 5.73 Å². The maximum atomic E-state index is 12.2. The van der Waals surface area contributed by atoms with E-state index in [0.717, 1.165) is 0 Å². The van der Waals surface area contributed by atoms with Gasteiger partial charge in [-0.2, -0.15) is 0 Å². The van der Waals surface area contributed by atoms with Gasteiger partial charge >= 0.3 is 0 Å². The van der Waals surface area contributed by atoms with Crippen LogP contribution in [0, 0.1) is 0 Å². The van der Waals surface area contributed by atoms with Crippen molar-refractivity contribution in [2.45, 2.75) is 0 Å². The van der Waals surface area contributed by atoms with Crippen LogP contribution in [0.3, 0.4) is 0 Å². The van der Waals surface area contributed by atoms with Gasteiger partial charge in [-0.25, -0.2) is 4.98 Å². The highest BCUT2D eigenvalue weighted by Gasteiger charge is 2.16. The molecule has 0 fully saturated rings. The summed E-state index contributed by atoms with van der Waals surface area (Å²) in [5.74, 6) is -0.212. The molecule has 2 N–H and O–H groups in total. The number of ketones is 1. The predicted octanol–water partition coefficient (Wildman–Crippen LogP) is 3.31. The molecule has 1 aromatic carbocycles. The molecule has 0 saturated heterocycles. The highest BCUT2D eigenvalue weighted by atomic mass is 79.9. The van der Waals surface area contributed by atoms with Crippen LogP contribution in [0.4, 0.5) is 5.69 Å². The van der Waals surface area contributed by atoms with E-state index in [9.17, 15) is 4.79 Å². The van der Waals surface area contributed by atoms with Crippen molar-refractivity contribution in [1.29, 1.82) is 0 Å². The van der Waals surface area contributed by atoms with Crippen molar-refractivity contribution in [3.05, 3.63) is 57.3 Å². The van der Waals surface area contributed by atoms with E-state index in [-0.39, 0.29) is 5.78 Å². The van der Waals surface area contributed by atoms with Gasteiger partial charge in [-0.05, 0) is 34.1 Å². The fourth-order valence-corrected chi connectivity index (χ4v) is 1.99. The number of aromatic nitrogens is 1. The number of carbonyl (C=O) groups excluding carboxylic acids is 1. The molecule has 5 heteroatoms. The standard InChI is InChI=1S/C12H8BrClN2O/c13-12-10(15)8(5-6-16-12)11(17)7-3-1-2-4-9(7)14/h1-6H,15H2. The van der Waals surface area contributed by atoms with Gasteiger partial charge in [0, 0.05) is 17.3 Å². The smallest absolute Gasteiger partial charge is 0.196 e. The molecule has 0 atom stereocenters. The third-order valence-electron chi connectivity index (χ3n) is 2.30.